The first-order valence-electron chi connectivity index (χ1n) is 7.58. The first kappa shape index (κ1) is 14.5. The molecule has 1 aromatic heterocycles. The molecule has 2 aromatic rings. The molecular weight excluding hydrogens is 276 g/mol. The van der Waals surface area contributed by atoms with E-state index in [1.165, 1.54) is 0 Å². The van der Waals surface area contributed by atoms with Crippen molar-refractivity contribution in [3.8, 4) is 12.3 Å². The minimum atomic E-state index is -0.0260. The highest BCUT2D eigenvalue weighted by molar-refractivity contribution is 5.81. The number of hydrogen-bond donors (Lipinski definition) is 1. The van der Waals surface area contributed by atoms with Crippen LogP contribution in [0, 0.1) is 18.3 Å². The fourth-order valence-electron chi connectivity index (χ4n) is 3.07. The normalized spacial score (nSPS) is 18.2. The fraction of sp³-hybridized carbons (Fsp3) is 0.412. The highest BCUT2D eigenvalue weighted by Gasteiger charge is 2.27. The van der Waals surface area contributed by atoms with Crippen LogP contribution in [-0.4, -0.2) is 35.1 Å². The summed E-state index contributed by atoms with van der Waals surface area (Å²) in [7, 11) is 2.02. The Morgan fingerprint density at radius 2 is 2.32 bits per heavy atom. The van der Waals surface area contributed by atoms with Crippen molar-refractivity contribution in [1.82, 2.24) is 14.9 Å². The summed E-state index contributed by atoms with van der Waals surface area (Å²) < 4.78 is 2.09. The van der Waals surface area contributed by atoms with E-state index in [-0.39, 0.29) is 11.8 Å². The summed E-state index contributed by atoms with van der Waals surface area (Å²) in [5, 5.41) is 2.79. The molecule has 0 aliphatic carbocycles. The molecule has 1 atom stereocenters. The van der Waals surface area contributed by atoms with E-state index >= 15 is 0 Å². The summed E-state index contributed by atoms with van der Waals surface area (Å²) in [4.78, 5) is 19.0. The number of nitrogens with zero attached hydrogens (tertiary/aromatic N) is 3. The van der Waals surface area contributed by atoms with Gasteiger partial charge in [0.2, 0.25) is 11.9 Å². The maximum absolute atomic E-state index is 12.1. The third-order valence-corrected chi connectivity index (χ3v) is 4.20. The number of anilines is 1. The van der Waals surface area contributed by atoms with Crippen molar-refractivity contribution in [3.05, 3.63) is 24.3 Å². The van der Waals surface area contributed by atoms with Gasteiger partial charge in [0, 0.05) is 20.1 Å². The number of fused-ring (bicyclic) bond motifs is 1. The number of hydrogen-bond acceptors (Lipinski definition) is 3. The van der Waals surface area contributed by atoms with Crippen LogP contribution in [0.1, 0.15) is 12.8 Å². The Labute approximate surface area is 130 Å². The second-order valence-electron chi connectivity index (χ2n) is 5.67. The average Bonchev–Trinajstić information content (AvgIpc) is 2.90. The quantitative estimate of drug-likeness (QED) is 0.874. The number of amides is 1. The standard InChI is InChI=1S/C17H20N4O/c1-3-10-18-16(22)13-7-6-11-21(12-13)17-19-14-8-4-5-9-15(14)20(17)2/h1,4-5,8-9,13H,6-7,10-12H2,2H3,(H,18,22)/t13-/m1/s1. The number of aromatic nitrogens is 2. The Kier molecular flexibility index (Phi) is 4.01. The van der Waals surface area contributed by atoms with Gasteiger partial charge in [0.05, 0.1) is 23.5 Å². The second kappa shape index (κ2) is 6.10. The minimum absolute atomic E-state index is 0.0260. The zero-order chi connectivity index (χ0) is 15.5. The van der Waals surface area contributed by atoms with Crippen molar-refractivity contribution in [2.24, 2.45) is 13.0 Å². The Bertz CT molecular complexity index is 728. The van der Waals surface area contributed by atoms with Crippen LogP contribution < -0.4 is 10.2 Å². The molecule has 1 N–H and O–H groups in total. The van der Waals surface area contributed by atoms with Crippen LogP contribution in [0.25, 0.3) is 11.0 Å². The van der Waals surface area contributed by atoms with Crippen molar-refractivity contribution in [2.75, 3.05) is 24.5 Å². The lowest BCUT2D eigenvalue weighted by molar-refractivity contribution is -0.125. The van der Waals surface area contributed by atoms with Gasteiger partial charge in [0.25, 0.3) is 0 Å². The van der Waals surface area contributed by atoms with Gasteiger partial charge in [-0.25, -0.2) is 4.98 Å². The van der Waals surface area contributed by atoms with E-state index in [0.717, 1.165) is 36.4 Å². The van der Waals surface area contributed by atoms with Crippen molar-refractivity contribution < 1.29 is 4.79 Å². The molecule has 2 heterocycles. The first-order chi connectivity index (χ1) is 10.7. The zero-order valence-corrected chi connectivity index (χ0v) is 12.7. The molecule has 1 amide bonds. The van der Waals surface area contributed by atoms with E-state index in [4.69, 9.17) is 11.4 Å². The maximum Gasteiger partial charge on any atom is 0.225 e. The van der Waals surface area contributed by atoms with Crippen LogP contribution in [0.15, 0.2) is 24.3 Å². The van der Waals surface area contributed by atoms with Gasteiger partial charge in [-0.3, -0.25) is 4.79 Å². The number of rotatable bonds is 3. The summed E-state index contributed by atoms with van der Waals surface area (Å²) in [5.41, 5.74) is 2.09. The van der Waals surface area contributed by atoms with Crippen molar-refractivity contribution in [1.29, 1.82) is 0 Å². The molecular formula is C17H20N4O. The molecule has 114 valence electrons. The molecule has 5 nitrogen and oxygen atoms in total. The maximum atomic E-state index is 12.1. The number of benzene rings is 1. The third kappa shape index (κ3) is 2.64. The summed E-state index contributed by atoms with van der Waals surface area (Å²) in [6.07, 6.45) is 7.08. The summed E-state index contributed by atoms with van der Waals surface area (Å²) in [5.74, 6) is 3.39. The van der Waals surface area contributed by atoms with Crippen LogP contribution in [0.2, 0.25) is 0 Å². The molecule has 1 aliphatic heterocycles. The van der Waals surface area contributed by atoms with Gasteiger partial charge in [-0.15, -0.1) is 6.42 Å². The van der Waals surface area contributed by atoms with Gasteiger partial charge >= 0.3 is 0 Å². The van der Waals surface area contributed by atoms with E-state index in [1.54, 1.807) is 0 Å². The summed E-state index contributed by atoms with van der Waals surface area (Å²) in [6.45, 7) is 1.91. The SMILES string of the molecule is C#CCNC(=O)[C@@H]1CCCN(c2nc3ccccc3n2C)C1. The molecule has 0 bridgehead atoms. The van der Waals surface area contributed by atoms with Gasteiger partial charge < -0.3 is 14.8 Å². The lowest BCUT2D eigenvalue weighted by Gasteiger charge is -2.32. The van der Waals surface area contributed by atoms with Crippen LogP contribution in [0.3, 0.4) is 0 Å². The van der Waals surface area contributed by atoms with E-state index in [2.05, 4.69) is 26.8 Å². The van der Waals surface area contributed by atoms with Crippen molar-refractivity contribution in [3.63, 3.8) is 0 Å². The number of para-hydroxylation sites is 2. The average molecular weight is 296 g/mol. The highest BCUT2D eigenvalue weighted by atomic mass is 16.1. The summed E-state index contributed by atoms with van der Waals surface area (Å²) in [6, 6.07) is 8.08. The molecule has 3 rings (SSSR count). The molecule has 1 aromatic carbocycles. The Morgan fingerprint density at radius 3 is 3.09 bits per heavy atom. The smallest absolute Gasteiger partial charge is 0.225 e. The predicted octanol–water partition coefficient (Wildman–Crippen LogP) is 1.54. The van der Waals surface area contributed by atoms with Gasteiger partial charge in [0.15, 0.2) is 0 Å². The van der Waals surface area contributed by atoms with Crippen LogP contribution in [0.5, 0.6) is 0 Å². The number of terminal acetylenes is 1. The fourth-order valence-corrected chi connectivity index (χ4v) is 3.07. The highest BCUT2D eigenvalue weighted by Crippen LogP contribution is 2.25. The molecule has 5 heteroatoms. The minimum Gasteiger partial charge on any atom is -0.345 e. The number of aryl methyl sites for hydroxylation is 1. The van der Waals surface area contributed by atoms with E-state index in [1.807, 2.05) is 25.2 Å². The van der Waals surface area contributed by atoms with Gasteiger partial charge in [0.1, 0.15) is 0 Å². The van der Waals surface area contributed by atoms with E-state index in [9.17, 15) is 4.79 Å². The Hall–Kier alpha value is -2.48. The lowest BCUT2D eigenvalue weighted by atomic mass is 9.97. The third-order valence-electron chi connectivity index (χ3n) is 4.20. The molecule has 1 fully saturated rings. The van der Waals surface area contributed by atoms with Crippen molar-refractivity contribution in [2.45, 2.75) is 12.8 Å². The monoisotopic (exact) mass is 296 g/mol. The molecule has 22 heavy (non-hydrogen) atoms. The topological polar surface area (TPSA) is 50.2 Å². The molecule has 0 saturated carbocycles. The number of piperidine rings is 1. The molecule has 1 aliphatic rings. The number of carbonyl (C=O) groups excluding carboxylic acids is 1. The van der Waals surface area contributed by atoms with Gasteiger partial charge in [-0.1, -0.05) is 18.1 Å². The summed E-state index contributed by atoms with van der Waals surface area (Å²) >= 11 is 0. The second-order valence-corrected chi connectivity index (χ2v) is 5.67. The van der Waals surface area contributed by atoms with Crippen LogP contribution >= 0.6 is 0 Å². The number of carbonyl (C=O) groups is 1. The number of nitrogens with one attached hydrogen (secondary N) is 1. The predicted molar refractivity (Wildman–Crippen MR) is 87.5 cm³/mol. The lowest BCUT2D eigenvalue weighted by Crippen LogP contribution is -2.44. The molecule has 0 unspecified atom stereocenters. The van der Waals surface area contributed by atoms with E-state index in [0.29, 0.717) is 13.1 Å². The Balaban J connectivity index is 1.80. The zero-order valence-electron chi connectivity index (χ0n) is 12.7. The Morgan fingerprint density at radius 1 is 1.50 bits per heavy atom. The molecule has 0 spiro atoms. The molecule has 1 saturated heterocycles. The van der Waals surface area contributed by atoms with Gasteiger partial charge in [-0.05, 0) is 25.0 Å². The van der Waals surface area contributed by atoms with E-state index < -0.39 is 0 Å². The largest absolute Gasteiger partial charge is 0.345 e. The first-order valence-corrected chi connectivity index (χ1v) is 7.58. The van der Waals surface area contributed by atoms with Crippen LogP contribution in [-0.2, 0) is 11.8 Å². The molecule has 0 radical (unpaired) electrons. The van der Waals surface area contributed by atoms with Gasteiger partial charge in [-0.2, -0.15) is 0 Å². The van der Waals surface area contributed by atoms with Crippen molar-refractivity contribution >= 4 is 22.9 Å². The van der Waals surface area contributed by atoms with Crippen LogP contribution in [0.4, 0.5) is 5.95 Å². The number of imidazole rings is 1.